The Morgan fingerprint density at radius 2 is 1.58 bits per heavy atom. The van der Waals surface area contributed by atoms with Crippen molar-refractivity contribution in [2.45, 2.75) is 96.4 Å². The molecule has 3 aromatic rings. The van der Waals surface area contributed by atoms with Gasteiger partial charge in [0.15, 0.2) is 0 Å². The Morgan fingerprint density at radius 1 is 0.906 bits per heavy atom. The summed E-state index contributed by atoms with van der Waals surface area (Å²) in [7, 11) is 0. The van der Waals surface area contributed by atoms with Crippen LogP contribution in [0.15, 0.2) is 101 Å². The Kier molecular flexibility index (Phi) is 11.3. The van der Waals surface area contributed by atoms with Gasteiger partial charge in [0, 0.05) is 37.8 Å². The van der Waals surface area contributed by atoms with Gasteiger partial charge in [-0.1, -0.05) is 101 Å². The van der Waals surface area contributed by atoms with Crippen molar-refractivity contribution in [2.75, 3.05) is 26.2 Å². The molecule has 4 aliphatic rings. The normalized spacial score (nSPS) is 23.0. The van der Waals surface area contributed by atoms with E-state index in [-0.39, 0.29) is 30.1 Å². The van der Waals surface area contributed by atoms with Crippen LogP contribution in [0.2, 0.25) is 0 Å². The number of hydrogen-bond acceptors (Lipinski definition) is 6. The number of allylic oxidation sites excluding steroid dienone is 3. The number of carbonyl (C=O) groups excluding carboxylic acids is 1. The lowest BCUT2D eigenvalue weighted by molar-refractivity contribution is -0.131. The van der Waals surface area contributed by atoms with Gasteiger partial charge >= 0.3 is 0 Å². The third-order valence-electron chi connectivity index (χ3n) is 11.4. The van der Waals surface area contributed by atoms with Crippen molar-refractivity contribution >= 4 is 34.8 Å². The Bertz CT molecular complexity index is 1900. The summed E-state index contributed by atoms with van der Waals surface area (Å²) in [6.07, 6.45) is 12.8. The monoisotopic (exact) mass is 710 g/mol. The van der Waals surface area contributed by atoms with Crippen molar-refractivity contribution in [1.29, 1.82) is 0 Å². The van der Waals surface area contributed by atoms with Gasteiger partial charge in [0.1, 0.15) is 5.84 Å². The molecule has 0 bridgehead atoms. The minimum absolute atomic E-state index is 0.0685. The second kappa shape index (κ2) is 16.3. The first-order valence-electron chi connectivity index (χ1n) is 20.0. The number of nitrogens with zero attached hydrogens (tertiary/aromatic N) is 4. The highest BCUT2D eigenvalue weighted by atomic mass is 16.2. The van der Waals surface area contributed by atoms with Gasteiger partial charge in [-0.05, 0) is 101 Å². The number of fused-ring (bicyclic) bond motifs is 2. The highest BCUT2D eigenvalue weighted by Crippen LogP contribution is 2.32. The van der Waals surface area contributed by atoms with E-state index in [0.29, 0.717) is 30.8 Å². The maximum Gasteiger partial charge on any atom is 0.223 e. The standard InChI is InChI=1S/C46H58N6O/c1-30(2)23-32(5)51-21-7-9-40(51)28-48-43(29-47-6)34-13-11-33(12-14-34)35-15-16-37-26-38(18-17-36(37)25-35)39-19-20-41-42(27-39)50-46(49-41)44-10-8-22-52(44)45(53)24-31(3)4/h11-20,25-27,30-31,40-44,48H,5-10,21-24,28-29H2,1-4H3,(H,49,50). The fourth-order valence-corrected chi connectivity index (χ4v) is 8.74. The first-order valence-corrected chi connectivity index (χ1v) is 20.0. The Hall–Kier alpha value is -4.49. The average molecular weight is 711 g/mol. The first-order chi connectivity index (χ1) is 25.7. The van der Waals surface area contributed by atoms with Gasteiger partial charge in [-0.25, -0.2) is 0 Å². The first kappa shape index (κ1) is 36.9. The van der Waals surface area contributed by atoms with Crippen LogP contribution in [0.4, 0.5) is 0 Å². The number of likely N-dealkylation sites (tertiary alicyclic amines) is 2. The number of amides is 1. The number of carbonyl (C=O) groups is 1. The van der Waals surface area contributed by atoms with E-state index in [1.54, 1.807) is 0 Å². The van der Waals surface area contributed by atoms with Gasteiger partial charge < -0.3 is 20.4 Å². The van der Waals surface area contributed by atoms with Gasteiger partial charge in [-0.15, -0.1) is 0 Å². The third-order valence-corrected chi connectivity index (χ3v) is 11.4. The maximum atomic E-state index is 13.0. The molecule has 278 valence electrons. The van der Waals surface area contributed by atoms with E-state index in [2.05, 4.69) is 145 Å². The summed E-state index contributed by atoms with van der Waals surface area (Å²) in [6, 6.07) is 23.3. The zero-order valence-corrected chi connectivity index (χ0v) is 32.2. The summed E-state index contributed by atoms with van der Waals surface area (Å²) in [4.78, 5) is 26.9. The van der Waals surface area contributed by atoms with Crippen LogP contribution in [0.3, 0.4) is 0 Å². The summed E-state index contributed by atoms with van der Waals surface area (Å²) in [5.41, 5.74) is 7.33. The van der Waals surface area contributed by atoms with Gasteiger partial charge in [-0.3, -0.25) is 14.8 Å². The quantitative estimate of drug-likeness (QED) is 0.165. The van der Waals surface area contributed by atoms with E-state index in [4.69, 9.17) is 4.99 Å². The molecule has 7 rings (SSSR count). The Balaban J connectivity index is 0.994. The zero-order chi connectivity index (χ0) is 37.1. The highest BCUT2D eigenvalue weighted by molar-refractivity contribution is 5.95. The van der Waals surface area contributed by atoms with E-state index in [0.717, 1.165) is 44.7 Å². The minimum Gasteiger partial charge on any atom is -0.371 e. The Morgan fingerprint density at radius 3 is 2.32 bits per heavy atom. The second-order valence-corrected chi connectivity index (χ2v) is 16.4. The summed E-state index contributed by atoms with van der Waals surface area (Å²) in [5, 5.41) is 9.96. The highest BCUT2D eigenvalue weighted by Gasteiger charge is 2.38. The summed E-state index contributed by atoms with van der Waals surface area (Å²) >= 11 is 0. The molecule has 2 saturated heterocycles. The van der Waals surface area contributed by atoms with Crippen LogP contribution in [0.25, 0.3) is 27.5 Å². The molecular weight excluding hydrogens is 653 g/mol. The van der Waals surface area contributed by atoms with Crippen LogP contribution in [-0.4, -0.2) is 78.6 Å². The fraction of sp³-hybridized carbons (Fsp3) is 0.457. The van der Waals surface area contributed by atoms with E-state index >= 15 is 0 Å². The lowest BCUT2D eigenvalue weighted by Gasteiger charge is -2.31. The van der Waals surface area contributed by atoms with Gasteiger partial charge in [0.25, 0.3) is 0 Å². The maximum absolute atomic E-state index is 13.0. The molecular formula is C46H58N6O. The average Bonchev–Trinajstić information content (AvgIpc) is 3.92. The molecule has 1 aliphatic carbocycles. The molecule has 1 amide bonds. The lowest BCUT2D eigenvalue weighted by atomic mass is 9.92. The van der Waals surface area contributed by atoms with Crippen molar-refractivity contribution in [3.63, 3.8) is 0 Å². The van der Waals surface area contributed by atoms with Crippen LogP contribution < -0.4 is 10.6 Å². The molecule has 53 heavy (non-hydrogen) atoms. The van der Waals surface area contributed by atoms with Crippen molar-refractivity contribution < 1.29 is 4.79 Å². The molecule has 3 heterocycles. The predicted octanol–water partition coefficient (Wildman–Crippen LogP) is 8.59. The number of hydrogen-bond donors (Lipinski definition) is 2. The van der Waals surface area contributed by atoms with E-state index in [1.165, 1.54) is 57.1 Å². The molecule has 0 radical (unpaired) electrons. The predicted molar refractivity (Wildman–Crippen MR) is 222 cm³/mol. The van der Waals surface area contributed by atoms with E-state index in [1.807, 2.05) is 0 Å². The number of benzene rings is 3. The number of nitrogens with one attached hydrogen (secondary N) is 2. The summed E-state index contributed by atoms with van der Waals surface area (Å²) < 4.78 is 0. The molecule has 0 aromatic heterocycles. The fourth-order valence-electron chi connectivity index (χ4n) is 8.74. The zero-order valence-electron chi connectivity index (χ0n) is 32.2. The topological polar surface area (TPSA) is 72.3 Å². The second-order valence-electron chi connectivity index (χ2n) is 16.4. The van der Waals surface area contributed by atoms with Crippen molar-refractivity contribution in [2.24, 2.45) is 21.8 Å². The number of rotatable bonds is 14. The largest absolute Gasteiger partial charge is 0.371 e. The number of amidine groups is 1. The third kappa shape index (κ3) is 8.36. The van der Waals surface area contributed by atoms with Crippen LogP contribution in [0.5, 0.6) is 0 Å². The molecule has 2 N–H and O–H groups in total. The molecule has 3 aliphatic heterocycles. The van der Waals surface area contributed by atoms with Crippen molar-refractivity contribution in [3.8, 4) is 11.1 Å². The molecule has 5 unspecified atom stereocenters. The van der Waals surface area contributed by atoms with Gasteiger partial charge in [-0.2, -0.15) is 0 Å². The van der Waals surface area contributed by atoms with Crippen LogP contribution in [0.1, 0.15) is 83.4 Å². The van der Waals surface area contributed by atoms with Gasteiger partial charge in [0.05, 0.1) is 30.7 Å². The molecule has 7 nitrogen and oxygen atoms in total. The molecule has 0 spiro atoms. The van der Waals surface area contributed by atoms with E-state index in [9.17, 15) is 4.79 Å². The summed E-state index contributed by atoms with van der Waals surface area (Å²) in [6.45, 7) is 20.5. The van der Waals surface area contributed by atoms with Crippen molar-refractivity contribution in [1.82, 2.24) is 20.4 Å². The van der Waals surface area contributed by atoms with Crippen LogP contribution in [-0.2, 0) is 4.79 Å². The molecule has 0 saturated carbocycles. The number of aliphatic imine (C=N–C) groups is 2. The molecule has 5 atom stereocenters. The van der Waals surface area contributed by atoms with Gasteiger partial charge in [0.2, 0.25) is 5.91 Å². The lowest BCUT2D eigenvalue weighted by Crippen LogP contribution is -2.46. The molecule has 7 heteroatoms. The Labute approximate surface area is 317 Å². The smallest absolute Gasteiger partial charge is 0.223 e. The SMILES string of the molecule is C=NCC(NCC1CCCN1C(=C)CC(C)C)c1ccc(-c2ccc3cc(C4=CC5NC(C6CCCN6C(=O)CC(C)C)=NC5C=C4)ccc3c2)cc1. The molecule has 3 aromatic carbocycles. The van der Waals surface area contributed by atoms with Crippen molar-refractivity contribution in [3.05, 3.63) is 102 Å². The molecule has 2 fully saturated rings. The summed E-state index contributed by atoms with van der Waals surface area (Å²) in [5.74, 6) is 2.20. The van der Waals surface area contributed by atoms with Crippen LogP contribution >= 0.6 is 0 Å². The minimum atomic E-state index is 0.0685. The van der Waals surface area contributed by atoms with Crippen LogP contribution in [0, 0.1) is 11.8 Å². The van der Waals surface area contributed by atoms with E-state index < -0.39 is 0 Å².